The second kappa shape index (κ2) is 4.77. The van der Waals surface area contributed by atoms with Crippen molar-refractivity contribution in [2.45, 2.75) is 27.2 Å². The Labute approximate surface area is 107 Å². The third-order valence-corrected chi connectivity index (χ3v) is 3.33. The van der Waals surface area contributed by atoms with Crippen molar-refractivity contribution in [1.29, 1.82) is 0 Å². The van der Waals surface area contributed by atoms with Crippen LogP contribution < -0.4 is 0 Å². The molecule has 2 aromatic rings. The first-order chi connectivity index (χ1) is 8.54. The van der Waals surface area contributed by atoms with Gasteiger partial charge < -0.3 is 0 Å². The van der Waals surface area contributed by atoms with Crippen molar-refractivity contribution in [2.24, 2.45) is 7.05 Å². The predicted molar refractivity (Wildman–Crippen MR) is 71.9 cm³/mol. The van der Waals surface area contributed by atoms with E-state index in [9.17, 15) is 4.79 Å². The van der Waals surface area contributed by atoms with Gasteiger partial charge in [0.25, 0.3) is 0 Å². The molecule has 1 heterocycles. The summed E-state index contributed by atoms with van der Waals surface area (Å²) in [5, 5.41) is 4.32. The van der Waals surface area contributed by atoms with E-state index in [0.29, 0.717) is 5.56 Å². The summed E-state index contributed by atoms with van der Waals surface area (Å²) in [6, 6.07) is 5.84. The highest BCUT2D eigenvalue weighted by Gasteiger charge is 2.18. The molecule has 2 rings (SSSR count). The van der Waals surface area contributed by atoms with Crippen LogP contribution in [0.4, 0.5) is 0 Å². The first-order valence-electron chi connectivity index (χ1n) is 6.18. The molecule has 0 radical (unpaired) electrons. The lowest BCUT2D eigenvalue weighted by atomic mass is 9.96. The number of hydrogen-bond donors (Lipinski definition) is 0. The van der Waals surface area contributed by atoms with Gasteiger partial charge in [-0.1, -0.05) is 25.1 Å². The van der Waals surface area contributed by atoms with Crippen molar-refractivity contribution >= 4 is 5.78 Å². The molecule has 0 atom stereocenters. The Hall–Kier alpha value is -1.90. The number of hydrogen-bond acceptors (Lipinski definition) is 2. The zero-order valence-electron chi connectivity index (χ0n) is 11.3. The van der Waals surface area contributed by atoms with Gasteiger partial charge in [-0.05, 0) is 31.4 Å². The van der Waals surface area contributed by atoms with E-state index in [1.807, 2.05) is 52.2 Å². The van der Waals surface area contributed by atoms with Crippen molar-refractivity contribution < 1.29 is 4.79 Å². The smallest absolute Gasteiger partial charge is 0.196 e. The second-order valence-electron chi connectivity index (χ2n) is 4.59. The van der Waals surface area contributed by atoms with Crippen molar-refractivity contribution in [3.8, 4) is 0 Å². The zero-order chi connectivity index (χ0) is 13.3. The SMILES string of the molecule is CCc1nn(C)cc1C(=O)c1cccc(C)c1C. The summed E-state index contributed by atoms with van der Waals surface area (Å²) in [7, 11) is 1.85. The molecule has 18 heavy (non-hydrogen) atoms. The number of aryl methyl sites for hydroxylation is 3. The van der Waals surface area contributed by atoms with Crippen molar-refractivity contribution in [3.63, 3.8) is 0 Å². The Morgan fingerprint density at radius 1 is 1.28 bits per heavy atom. The first kappa shape index (κ1) is 12.6. The summed E-state index contributed by atoms with van der Waals surface area (Å²) < 4.78 is 1.71. The van der Waals surface area contributed by atoms with E-state index in [2.05, 4.69) is 5.10 Å². The number of carbonyl (C=O) groups is 1. The number of ketones is 1. The molecule has 0 bridgehead atoms. The maximum atomic E-state index is 12.6. The van der Waals surface area contributed by atoms with Gasteiger partial charge >= 0.3 is 0 Å². The topological polar surface area (TPSA) is 34.9 Å². The van der Waals surface area contributed by atoms with E-state index in [1.165, 1.54) is 0 Å². The van der Waals surface area contributed by atoms with E-state index in [4.69, 9.17) is 0 Å². The van der Waals surface area contributed by atoms with Gasteiger partial charge in [-0.3, -0.25) is 9.48 Å². The first-order valence-corrected chi connectivity index (χ1v) is 6.18. The summed E-state index contributed by atoms with van der Waals surface area (Å²) in [6.45, 7) is 6.03. The van der Waals surface area contributed by atoms with E-state index in [1.54, 1.807) is 4.68 Å². The lowest BCUT2D eigenvalue weighted by Crippen LogP contribution is -2.06. The van der Waals surface area contributed by atoms with E-state index in [-0.39, 0.29) is 5.78 Å². The fourth-order valence-electron chi connectivity index (χ4n) is 2.13. The van der Waals surface area contributed by atoms with Crippen LogP contribution in [0.1, 0.15) is 39.7 Å². The molecule has 0 aliphatic heterocycles. The van der Waals surface area contributed by atoms with Crippen LogP contribution in [0.3, 0.4) is 0 Å². The quantitative estimate of drug-likeness (QED) is 0.776. The van der Waals surface area contributed by atoms with Crippen molar-refractivity contribution in [1.82, 2.24) is 9.78 Å². The number of aromatic nitrogens is 2. The molecule has 1 aromatic carbocycles. The van der Waals surface area contributed by atoms with Crippen molar-refractivity contribution in [3.05, 3.63) is 52.3 Å². The number of rotatable bonds is 3. The Balaban J connectivity index is 2.51. The summed E-state index contributed by atoms with van der Waals surface area (Å²) in [5.41, 5.74) is 4.55. The van der Waals surface area contributed by atoms with Gasteiger partial charge in [0.15, 0.2) is 5.78 Å². The average molecular weight is 242 g/mol. The van der Waals surface area contributed by atoms with Crippen LogP contribution in [0, 0.1) is 13.8 Å². The molecule has 3 heteroatoms. The Bertz CT molecular complexity index is 597. The number of benzene rings is 1. The minimum atomic E-state index is 0.0705. The van der Waals surface area contributed by atoms with Gasteiger partial charge in [0.2, 0.25) is 0 Å². The minimum absolute atomic E-state index is 0.0705. The van der Waals surface area contributed by atoms with Gasteiger partial charge in [-0.2, -0.15) is 5.10 Å². The predicted octanol–water partition coefficient (Wildman–Crippen LogP) is 2.83. The van der Waals surface area contributed by atoms with Gasteiger partial charge in [0.05, 0.1) is 11.3 Å². The fraction of sp³-hybridized carbons (Fsp3) is 0.333. The zero-order valence-corrected chi connectivity index (χ0v) is 11.3. The van der Waals surface area contributed by atoms with Crippen molar-refractivity contribution in [2.75, 3.05) is 0 Å². The Morgan fingerprint density at radius 2 is 2.00 bits per heavy atom. The lowest BCUT2D eigenvalue weighted by Gasteiger charge is -2.07. The Kier molecular flexibility index (Phi) is 3.32. The van der Waals surface area contributed by atoms with E-state index >= 15 is 0 Å². The Morgan fingerprint density at radius 3 is 2.67 bits per heavy atom. The molecule has 94 valence electrons. The number of nitrogens with zero attached hydrogens (tertiary/aromatic N) is 2. The van der Waals surface area contributed by atoms with Gasteiger partial charge in [-0.15, -0.1) is 0 Å². The summed E-state index contributed by atoms with van der Waals surface area (Å²) >= 11 is 0. The van der Waals surface area contributed by atoms with Crippen LogP contribution in [-0.2, 0) is 13.5 Å². The average Bonchev–Trinajstić information content (AvgIpc) is 2.73. The van der Waals surface area contributed by atoms with Crippen LogP contribution in [0.5, 0.6) is 0 Å². The minimum Gasteiger partial charge on any atom is -0.288 e. The molecule has 0 unspecified atom stereocenters. The molecular weight excluding hydrogens is 224 g/mol. The molecular formula is C15H18N2O. The largest absolute Gasteiger partial charge is 0.288 e. The molecule has 3 nitrogen and oxygen atoms in total. The van der Waals surface area contributed by atoms with Gasteiger partial charge in [0, 0.05) is 18.8 Å². The van der Waals surface area contributed by atoms with E-state index < -0.39 is 0 Å². The van der Waals surface area contributed by atoms with Crippen LogP contribution in [0.15, 0.2) is 24.4 Å². The normalized spacial score (nSPS) is 10.7. The molecule has 0 saturated carbocycles. The van der Waals surface area contributed by atoms with Crippen LogP contribution in [0.2, 0.25) is 0 Å². The number of carbonyl (C=O) groups excluding carboxylic acids is 1. The summed E-state index contributed by atoms with van der Waals surface area (Å²) in [6.07, 6.45) is 2.58. The molecule has 0 aliphatic rings. The van der Waals surface area contributed by atoms with Crippen LogP contribution >= 0.6 is 0 Å². The fourth-order valence-corrected chi connectivity index (χ4v) is 2.13. The highest BCUT2D eigenvalue weighted by atomic mass is 16.1. The second-order valence-corrected chi connectivity index (χ2v) is 4.59. The van der Waals surface area contributed by atoms with Crippen LogP contribution in [0.25, 0.3) is 0 Å². The van der Waals surface area contributed by atoms with E-state index in [0.717, 1.165) is 28.8 Å². The molecule has 0 saturated heterocycles. The highest BCUT2D eigenvalue weighted by molar-refractivity contribution is 6.10. The maximum absolute atomic E-state index is 12.6. The molecule has 0 fully saturated rings. The molecule has 0 spiro atoms. The van der Waals surface area contributed by atoms with Gasteiger partial charge in [-0.25, -0.2) is 0 Å². The van der Waals surface area contributed by atoms with Gasteiger partial charge in [0.1, 0.15) is 0 Å². The summed E-state index contributed by atoms with van der Waals surface area (Å²) in [4.78, 5) is 12.6. The maximum Gasteiger partial charge on any atom is 0.196 e. The lowest BCUT2D eigenvalue weighted by molar-refractivity contribution is 0.103. The van der Waals surface area contributed by atoms with Crippen LogP contribution in [-0.4, -0.2) is 15.6 Å². The molecule has 1 aromatic heterocycles. The molecule has 0 aliphatic carbocycles. The third kappa shape index (κ3) is 2.08. The third-order valence-electron chi connectivity index (χ3n) is 3.33. The molecule has 0 amide bonds. The molecule has 0 N–H and O–H groups in total. The summed E-state index contributed by atoms with van der Waals surface area (Å²) in [5.74, 6) is 0.0705. The standard InChI is InChI=1S/C15H18N2O/c1-5-14-13(9-17(4)16-14)15(18)12-8-6-7-10(2)11(12)3/h6-9H,5H2,1-4H3. The highest BCUT2D eigenvalue weighted by Crippen LogP contribution is 2.19. The monoisotopic (exact) mass is 242 g/mol.